The SMILES string of the molecule is COc1ccc(OC)c(CNC(=O)c2ccccc2C(=O)c2ccc(F)cc2)c1. The summed E-state index contributed by atoms with van der Waals surface area (Å²) in [6, 6.07) is 17.0. The number of carbonyl (C=O) groups is 2. The molecule has 0 atom stereocenters. The van der Waals surface area contributed by atoms with Gasteiger partial charge in [-0.3, -0.25) is 9.59 Å². The molecule has 148 valence electrons. The Balaban J connectivity index is 1.82. The van der Waals surface area contributed by atoms with Crippen molar-refractivity contribution >= 4 is 11.7 Å². The van der Waals surface area contributed by atoms with E-state index in [-0.39, 0.29) is 23.5 Å². The van der Waals surface area contributed by atoms with Gasteiger partial charge < -0.3 is 14.8 Å². The summed E-state index contributed by atoms with van der Waals surface area (Å²) in [4.78, 5) is 25.6. The number of rotatable bonds is 7. The van der Waals surface area contributed by atoms with Crippen LogP contribution in [0.2, 0.25) is 0 Å². The van der Waals surface area contributed by atoms with Crippen LogP contribution in [0, 0.1) is 5.82 Å². The molecule has 29 heavy (non-hydrogen) atoms. The van der Waals surface area contributed by atoms with Gasteiger partial charge in [-0.1, -0.05) is 18.2 Å². The van der Waals surface area contributed by atoms with Crippen LogP contribution in [0.5, 0.6) is 11.5 Å². The first-order valence-corrected chi connectivity index (χ1v) is 8.92. The van der Waals surface area contributed by atoms with E-state index in [1.165, 1.54) is 24.3 Å². The fourth-order valence-corrected chi connectivity index (χ4v) is 2.93. The van der Waals surface area contributed by atoms with Crippen molar-refractivity contribution in [2.45, 2.75) is 6.54 Å². The van der Waals surface area contributed by atoms with Crippen LogP contribution in [0.25, 0.3) is 0 Å². The van der Waals surface area contributed by atoms with Gasteiger partial charge in [-0.15, -0.1) is 0 Å². The van der Waals surface area contributed by atoms with Gasteiger partial charge in [0.1, 0.15) is 17.3 Å². The molecule has 5 nitrogen and oxygen atoms in total. The first kappa shape index (κ1) is 20.1. The quantitative estimate of drug-likeness (QED) is 0.616. The maximum Gasteiger partial charge on any atom is 0.252 e. The van der Waals surface area contributed by atoms with Crippen molar-refractivity contribution in [2.75, 3.05) is 14.2 Å². The molecule has 3 rings (SSSR count). The van der Waals surface area contributed by atoms with Gasteiger partial charge in [-0.2, -0.15) is 0 Å². The molecule has 1 amide bonds. The van der Waals surface area contributed by atoms with E-state index in [9.17, 15) is 14.0 Å². The molecule has 0 saturated carbocycles. The Kier molecular flexibility index (Phi) is 6.24. The number of methoxy groups -OCH3 is 2. The lowest BCUT2D eigenvalue weighted by molar-refractivity contribution is 0.0939. The minimum atomic E-state index is -0.431. The zero-order chi connectivity index (χ0) is 20.8. The second-order valence-electron chi connectivity index (χ2n) is 6.24. The summed E-state index contributed by atoms with van der Waals surface area (Å²) in [5.41, 5.74) is 1.53. The van der Waals surface area contributed by atoms with E-state index in [0.717, 1.165) is 5.56 Å². The fraction of sp³-hybridized carbons (Fsp3) is 0.130. The Hall–Kier alpha value is -3.67. The highest BCUT2D eigenvalue weighted by atomic mass is 19.1. The molecule has 0 unspecified atom stereocenters. The number of amides is 1. The predicted molar refractivity (Wildman–Crippen MR) is 107 cm³/mol. The average Bonchev–Trinajstić information content (AvgIpc) is 2.77. The van der Waals surface area contributed by atoms with Gasteiger partial charge in [0.05, 0.1) is 19.8 Å². The second kappa shape index (κ2) is 9.01. The molecule has 0 aliphatic heterocycles. The Labute approximate surface area is 168 Å². The first-order chi connectivity index (χ1) is 14.0. The monoisotopic (exact) mass is 393 g/mol. The maximum absolute atomic E-state index is 13.1. The summed E-state index contributed by atoms with van der Waals surface area (Å²) in [6.45, 7) is 0.193. The summed E-state index contributed by atoms with van der Waals surface area (Å²) >= 11 is 0. The van der Waals surface area contributed by atoms with E-state index < -0.39 is 11.7 Å². The van der Waals surface area contributed by atoms with Crippen LogP contribution in [-0.2, 0) is 6.54 Å². The first-order valence-electron chi connectivity index (χ1n) is 8.92. The molecular weight excluding hydrogens is 373 g/mol. The summed E-state index contributed by atoms with van der Waals surface area (Å²) in [5.74, 6) is 0.0687. The number of benzene rings is 3. The van der Waals surface area contributed by atoms with Gasteiger partial charge in [0.25, 0.3) is 5.91 Å². The maximum atomic E-state index is 13.1. The Morgan fingerprint density at radius 2 is 1.59 bits per heavy atom. The Morgan fingerprint density at radius 3 is 2.24 bits per heavy atom. The smallest absolute Gasteiger partial charge is 0.252 e. The molecule has 6 heteroatoms. The number of hydrogen-bond donors (Lipinski definition) is 1. The molecule has 0 aliphatic carbocycles. The lowest BCUT2D eigenvalue weighted by atomic mass is 9.98. The van der Waals surface area contributed by atoms with Crippen molar-refractivity contribution < 1.29 is 23.5 Å². The van der Waals surface area contributed by atoms with Crippen LogP contribution in [0.1, 0.15) is 31.8 Å². The molecule has 0 bridgehead atoms. The van der Waals surface area contributed by atoms with Crippen LogP contribution in [-0.4, -0.2) is 25.9 Å². The van der Waals surface area contributed by atoms with Crippen molar-refractivity contribution in [3.05, 3.63) is 94.8 Å². The van der Waals surface area contributed by atoms with Gasteiger partial charge in [-0.05, 0) is 48.5 Å². The molecule has 0 aliphatic rings. The van der Waals surface area contributed by atoms with E-state index in [2.05, 4.69) is 5.32 Å². The number of ketones is 1. The van der Waals surface area contributed by atoms with Crippen LogP contribution < -0.4 is 14.8 Å². The van der Waals surface area contributed by atoms with Crippen molar-refractivity contribution in [3.8, 4) is 11.5 Å². The third-order valence-electron chi connectivity index (χ3n) is 4.45. The van der Waals surface area contributed by atoms with Gasteiger partial charge >= 0.3 is 0 Å². The largest absolute Gasteiger partial charge is 0.497 e. The second-order valence-corrected chi connectivity index (χ2v) is 6.24. The van der Waals surface area contributed by atoms with E-state index in [1.54, 1.807) is 56.7 Å². The minimum absolute atomic E-state index is 0.193. The highest BCUT2D eigenvalue weighted by Crippen LogP contribution is 2.24. The zero-order valence-electron chi connectivity index (χ0n) is 16.1. The zero-order valence-corrected chi connectivity index (χ0v) is 16.1. The molecule has 0 radical (unpaired) electrons. The Morgan fingerprint density at radius 1 is 0.897 bits per heavy atom. The van der Waals surface area contributed by atoms with Gasteiger partial charge in [0.2, 0.25) is 0 Å². The summed E-state index contributed by atoms with van der Waals surface area (Å²) in [6.07, 6.45) is 0. The molecule has 0 saturated heterocycles. The van der Waals surface area contributed by atoms with E-state index in [4.69, 9.17) is 9.47 Å². The van der Waals surface area contributed by atoms with Crippen LogP contribution in [0.15, 0.2) is 66.7 Å². The van der Waals surface area contributed by atoms with E-state index in [1.807, 2.05) is 0 Å². The van der Waals surface area contributed by atoms with Crippen LogP contribution >= 0.6 is 0 Å². The summed E-state index contributed by atoms with van der Waals surface area (Å²) in [7, 11) is 3.10. The molecule has 0 fully saturated rings. The third-order valence-corrected chi connectivity index (χ3v) is 4.45. The highest BCUT2D eigenvalue weighted by Gasteiger charge is 2.18. The topological polar surface area (TPSA) is 64.6 Å². The van der Waals surface area contributed by atoms with Crippen LogP contribution in [0.4, 0.5) is 4.39 Å². The van der Waals surface area contributed by atoms with Gasteiger partial charge in [0.15, 0.2) is 5.78 Å². The van der Waals surface area contributed by atoms with Gasteiger partial charge in [-0.25, -0.2) is 4.39 Å². The number of hydrogen-bond acceptors (Lipinski definition) is 4. The fourth-order valence-electron chi connectivity index (χ4n) is 2.93. The molecule has 3 aromatic carbocycles. The highest BCUT2D eigenvalue weighted by molar-refractivity contribution is 6.15. The molecule has 0 aromatic heterocycles. The summed E-state index contributed by atoms with van der Waals surface area (Å²) < 4.78 is 23.7. The number of halogens is 1. The molecule has 0 heterocycles. The van der Waals surface area contributed by atoms with E-state index >= 15 is 0 Å². The molecule has 3 aromatic rings. The molecular formula is C23H20FNO4. The number of nitrogens with one attached hydrogen (secondary N) is 1. The van der Waals surface area contributed by atoms with Crippen molar-refractivity contribution in [1.29, 1.82) is 0 Å². The number of carbonyl (C=O) groups excluding carboxylic acids is 2. The summed E-state index contributed by atoms with van der Waals surface area (Å²) in [5, 5.41) is 2.81. The van der Waals surface area contributed by atoms with Crippen molar-refractivity contribution in [1.82, 2.24) is 5.32 Å². The van der Waals surface area contributed by atoms with Crippen molar-refractivity contribution in [3.63, 3.8) is 0 Å². The van der Waals surface area contributed by atoms with Crippen molar-refractivity contribution in [2.24, 2.45) is 0 Å². The van der Waals surface area contributed by atoms with Crippen LogP contribution in [0.3, 0.4) is 0 Å². The lowest BCUT2D eigenvalue weighted by Crippen LogP contribution is -2.25. The normalized spacial score (nSPS) is 10.3. The molecule has 1 N–H and O–H groups in total. The number of ether oxygens (including phenoxy) is 2. The standard InChI is InChI=1S/C23H20FNO4/c1-28-18-11-12-21(29-2)16(13-18)14-25-23(27)20-6-4-3-5-19(20)22(26)15-7-9-17(24)10-8-15/h3-13H,14H2,1-2H3,(H,25,27). The Bertz CT molecular complexity index is 1030. The minimum Gasteiger partial charge on any atom is -0.497 e. The van der Waals surface area contributed by atoms with E-state index in [0.29, 0.717) is 17.1 Å². The lowest BCUT2D eigenvalue weighted by Gasteiger charge is -2.13. The molecule has 0 spiro atoms. The predicted octanol–water partition coefficient (Wildman–Crippen LogP) is 4.00. The average molecular weight is 393 g/mol. The van der Waals surface area contributed by atoms with Gasteiger partial charge in [0, 0.05) is 23.2 Å². The third kappa shape index (κ3) is 4.60.